The van der Waals surface area contributed by atoms with Crippen LogP contribution in [-0.2, 0) is 37.7 Å². The second kappa shape index (κ2) is 22.2. The van der Waals surface area contributed by atoms with E-state index < -0.39 is 19.7 Å². The van der Waals surface area contributed by atoms with Gasteiger partial charge in [-0.1, -0.05) is 119 Å². The average Bonchev–Trinajstić information content (AvgIpc) is 3.14. The molecule has 0 spiro atoms. The number of carbonyl (C=O) groups excluding carboxylic acids is 1. The van der Waals surface area contributed by atoms with E-state index in [1.165, 1.54) is 4.90 Å². The molecule has 0 aromatic heterocycles. The Morgan fingerprint density at radius 3 is 1.36 bits per heavy atom. The first-order valence-electron chi connectivity index (χ1n) is 17.5. The van der Waals surface area contributed by atoms with Crippen molar-refractivity contribution in [2.24, 2.45) is 0 Å². The van der Waals surface area contributed by atoms with E-state index in [0.29, 0.717) is 36.1 Å². The molecule has 0 saturated heterocycles. The van der Waals surface area contributed by atoms with E-state index in [0.717, 1.165) is 39.9 Å². The summed E-state index contributed by atoms with van der Waals surface area (Å²) >= 11 is 24.3. The smallest absolute Gasteiger partial charge is 1.00 e. The molecule has 6 rings (SSSR count). The number of sulfone groups is 2. The predicted molar refractivity (Wildman–Crippen MR) is 245 cm³/mol. The Kier molecular flexibility index (Phi) is 18.9. The molecular formula is C44H44AlCl4LiN2O5S2. The van der Waals surface area contributed by atoms with Crippen molar-refractivity contribution < 1.29 is 41.9 Å². The van der Waals surface area contributed by atoms with E-state index in [1.54, 1.807) is 117 Å². The van der Waals surface area contributed by atoms with Crippen LogP contribution in [0.15, 0.2) is 143 Å². The van der Waals surface area contributed by atoms with Gasteiger partial charge in [0.05, 0.1) is 21.3 Å². The fraction of sp³-hybridized carbons (Fsp3) is 0.159. The quantitative estimate of drug-likeness (QED) is 0.131. The number of hydrogen-bond donors (Lipinski definition) is 0. The molecule has 0 heterocycles. The zero-order chi connectivity index (χ0) is 41.5. The first-order chi connectivity index (χ1) is 26.9. The molecule has 15 heteroatoms. The summed E-state index contributed by atoms with van der Waals surface area (Å²) in [5.74, 6) is -0.397. The normalized spacial score (nSPS) is 11.1. The van der Waals surface area contributed by atoms with E-state index in [1.807, 2.05) is 49.3 Å². The van der Waals surface area contributed by atoms with Crippen LogP contribution < -0.4 is 18.9 Å². The Morgan fingerprint density at radius 1 is 0.542 bits per heavy atom. The molecule has 0 saturated carbocycles. The van der Waals surface area contributed by atoms with Crippen molar-refractivity contribution in [3.05, 3.63) is 176 Å². The standard InChI is InChI=1S/C22H19Cl2NO3S.C22H21Cl2NO2S.Al.Li.4H/c1-25(2)22(26)17-5-3-4-15(12-17)14-29(27,28)19-9-6-16(7-10-19)20-11-8-18(23)13-21(20)24;1-25(2)14-16-4-3-5-17(12-16)15-28(26,27)20-9-6-18(7-10-20)21-11-8-19(23)13-22(21)24;;;;;;/h3-13H,14H2,1-2H3;3-13H,14-15H2,1-2H3;;;;;;/q;;;+1;;;;-1. The largest absolute Gasteiger partial charge is 1.00 e. The van der Waals surface area contributed by atoms with Crippen molar-refractivity contribution in [1.82, 2.24) is 9.80 Å². The minimum Gasteiger partial charge on any atom is -1.00 e. The number of rotatable bonds is 11. The zero-order valence-electron chi connectivity index (χ0n) is 33.6. The first kappa shape index (κ1) is 50.3. The summed E-state index contributed by atoms with van der Waals surface area (Å²) in [5, 5.41) is 2.12. The summed E-state index contributed by atoms with van der Waals surface area (Å²) in [4.78, 5) is 16.1. The number of benzene rings is 6. The van der Waals surface area contributed by atoms with Crippen LogP contribution in [0, 0.1) is 0 Å². The van der Waals surface area contributed by atoms with Gasteiger partial charge in [-0.3, -0.25) is 4.79 Å². The van der Waals surface area contributed by atoms with Crippen LogP contribution in [0.25, 0.3) is 22.3 Å². The monoisotopic (exact) mass is 918 g/mol. The Balaban J connectivity index is 0.000000394. The minimum atomic E-state index is -3.57. The molecule has 1 amide bonds. The van der Waals surface area contributed by atoms with Crippen LogP contribution >= 0.6 is 46.4 Å². The van der Waals surface area contributed by atoms with E-state index >= 15 is 0 Å². The van der Waals surface area contributed by atoms with Gasteiger partial charge in [0.15, 0.2) is 37.0 Å². The number of amides is 1. The minimum absolute atomic E-state index is 0. The van der Waals surface area contributed by atoms with Crippen molar-refractivity contribution in [1.29, 1.82) is 0 Å². The van der Waals surface area contributed by atoms with E-state index in [4.69, 9.17) is 46.4 Å². The Morgan fingerprint density at radius 2 is 0.949 bits per heavy atom. The average molecular weight is 921 g/mol. The topological polar surface area (TPSA) is 91.8 Å². The molecule has 0 atom stereocenters. The summed E-state index contributed by atoms with van der Waals surface area (Å²) in [5.41, 5.74) is 6.10. The summed E-state index contributed by atoms with van der Waals surface area (Å²) in [6.45, 7) is 0.768. The number of hydrogen-bond acceptors (Lipinski definition) is 6. The van der Waals surface area contributed by atoms with Gasteiger partial charge in [-0.05, 0) is 103 Å². The molecular weight excluding hydrogens is 876 g/mol. The number of carbonyl (C=O) groups is 1. The van der Waals surface area contributed by atoms with Gasteiger partial charge in [-0.15, -0.1) is 0 Å². The third kappa shape index (κ3) is 14.0. The molecule has 0 aliphatic carbocycles. The SMILES string of the molecule is CN(C)C(=O)c1cccc(CS(=O)(=O)c2ccc(-c3ccc(Cl)cc3Cl)cc2)c1.CN(C)Cc1cccc(CS(=O)(=O)c2ccc(-c3ccc(Cl)cc3Cl)cc2)c1.[AlH3].[H-].[Li+]. The molecule has 0 aliphatic heterocycles. The van der Waals surface area contributed by atoms with Crippen LogP contribution in [0.4, 0.5) is 0 Å². The fourth-order valence-corrected chi connectivity index (χ4v) is 9.68. The zero-order valence-corrected chi connectivity index (χ0v) is 37.2. The molecule has 6 aromatic carbocycles. The van der Waals surface area contributed by atoms with E-state index in [9.17, 15) is 21.6 Å². The van der Waals surface area contributed by atoms with Crippen molar-refractivity contribution in [2.45, 2.75) is 27.8 Å². The van der Waals surface area contributed by atoms with Crippen LogP contribution in [-0.4, -0.2) is 78.1 Å². The molecule has 6 aromatic rings. The molecule has 304 valence electrons. The van der Waals surface area contributed by atoms with Gasteiger partial charge in [-0.25, -0.2) is 16.8 Å². The van der Waals surface area contributed by atoms with Crippen LogP contribution in [0.5, 0.6) is 0 Å². The summed E-state index contributed by atoms with van der Waals surface area (Å²) in [6, 6.07) is 38.1. The van der Waals surface area contributed by atoms with Crippen molar-refractivity contribution in [3.8, 4) is 22.3 Å². The third-order valence-electron chi connectivity index (χ3n) is 8.69. The number of nitrogens with zero attached hydrogens (tertiary/aromatic N) is 2. The molecule has 0 fully saturated rings. The van der Waals surface area contributed by atoms with Crippen LogP contribution in [0.2, 0.25) is 20.1 Å². The molecule has 7 nitrogen and oxygen atoms in total. The Hall–Kier alpha value is -3.06. The summed E-state index contributed by atoms with van der Waals surface area (Å²) in [6.07, 6.45) is 0. The van der Waals surface area contributed by atoms with E-state index in [-0.39, 0.29) is 60.0 Å². The fourth-order valence-electron chi connectivity index (χ4n) is 5.97. The summed E-state index contributed by atoms with van der Waals surface area (Å²) in [7, 11) is 0.261. The molecule has 0 bridgehead atoms. The number of halogens is 4. The van der Waals surface area contributed by atoms with Crippen molar-refractivity contribution in [3.63, 3.8) is 0 Å². The maximum absolute atomic E-state index is 12.8. The molecule has 0 radical (unpaired) electrons. The Bertz CT molecular complexity index is 2620. The van der Waals surface area contributed by atoms with Crippen molar-refractivity contribution >= 4 is 89.3 Å². The van der Waals surface area contributed by atoms with Gasteiger partial charge in [0.2, 0.25) is 0 Å². The summed E-state index contributed by atoms with van der Waals surface area (Å²) < 4.78 is 51.4. The maximum atomic E-state index is 12.8. The molecule has 59 heavy (non-hydrogen) atoms. The third-order valence-corrected chi connectivity index (χ3v) is 13.2. The van der Waals surface area contributed by atoms with Gasteiger partial charge in [0, 0.05) is 57.4 Å². The first-order valence-corrected chi connectivity index (χ1v) is 22.3. The molecule has 0 N–H and O–H groups in total. The van der Waals surface area contributed by atoms with Crippen molar-refractivity contribution in [2.75, 3.05) is 28.2 Å². The maximum Gasteiger partial charge on any atom is 1.00 e. The molecule has 0 unspecified atom stereocenters. The second-order valence-corrected chi connectivity index (χ2v) is 19.4. The van der Waals surface area contributed by atoms with Crippen LogP contribution in [0.3, 0.4) is 0 Å². The van der Waals surface area contributed by atoms with Gasteiger partial charge >= 0.3 is 18.9 Å². The van der Waals surface area contributed by atoms with Gasteiger partial charge in [-0.2, -0.15) is 0 Å². The molecule has 0 aliphatic rings. The van der Waals surface area contributed by atoms with Crippen LogP contribution in [0.1, 0.15) is 28.5 Å². The van der Waals surface area contributed by atoms with E-state index in [2.05, 4.69) is 0 Å². The van der Waals surface area contributed by atoms with Gasteiger partial charge < -0.3 is 11.2 Å². The second-order valence-electron chi connectivity index (χ2n) is 13.8. The van der Waals surface area contributed by atoms with Gasteiger partial charge in [0.25, 0.3) is 5.91 Å². The Labute approximate surface area is 391 Å². The van der Waals surface area contributed by atoms with Gasteiger partial charge in [0.1, 0.15) is 0 Å². The predicted octanol–water partition coefficient (Wildman–Crippen LogP) is 6.96.